The molecule has 0 unspecified atom stereocenters. The molecule has 0 aromatic heterocycles. The van der Waals surface area contributed by atoms with Gasteiger partial charge in [-0.25, -0.2) is 12.2 Å². The first-order valence-electron chi connectivity index (χ1n) is 6.27. The Morgan fingerprint density at radius 1 is 0.818 bits per heavy atom. The van der Waals surface area contributed by atoms with Crippen LogP contribution in [0, 0.1) is 43.2 Å². The van der Waals surface area contributed by atoms with Crippen molar-refractivity contribution < 1.29 is 26.5 Å². The van der Waals surface area contributed by atoms with Crippen LogP contribution < -0.4 is 0 Å². The van der Waals surface area contributed by atoms with E-state index in [1.165, 1.54) is 0 Å². The quantitative estimate of drug-likeness (QED) is 0.437. The summed E-state index contributed by atoms with van der Waals surface area (Å²) in [5, 5.41) is 0. The summed E-state index contributed by atoms with van der Waals surface area (Å²) >= 11 is 0. The molecular weight excluding hydrogens is 320 g/mol. The molecule has 0 aromatic rings. The standard InChI is InChI=1S/C9H22OSi.C5H5.5CH3.Ti/c1-7(2)11(10,8(3)4)9(5)6;1-2-4-5-3-1;;;;;;/h7-10H,1-6H3;1-3H,4H2;5*1H3;/q;6*-1;. The maximum Gasteiger partial charge on any atom is 0.196 e. The number of rotatable bonds is 3. The van der Waals surface area contributed by atoms with Crippen molar-refractivity contribution in [2.75, 3.05) is 0 Å². The summed E-state index contributed by atoms with van der Waals surface area (Å²) in [6.45, 7) is 12.9. The zero-order valence-corrected chi connectivity index (χ0v) is 19.7. The summed E-state index contributed by atoms with van der Waals surface area (Å²) in [6.07, 6.45) is 10.0. The zero-order chi connectivity index (χ0) is 12.8. The average Bonchev–Trinajstić information content (AvgIpc) is 2.73. The van der Waals surface area contributed by atoms with Gasteiger partial charge in [0.1, 0.15) is 0 Å². The van der Waals surface area contributed by atoms with Crippen molar-refractivity contribution in [3.8, 4) is 0 Å². The van der Waals surface area contributed by atoms with Crippen LogP contribution >= 0.6 is 0 Å². The van der Waals surface area contributed by atoms with Crippen LogP contribution in [0.15, 0.2) is 18.2 Å². The Hall–Kier alpha value is 0.371. The van der Waals surface area contributed by atoms with Gasteiger partial charge in [0.05, 0.1) is 0 Å². The Balaban J connectivity index is -0.0000000361. The Labute approximate surface area is 160 Å². The molecule has 138 valence electrons. The fourth-order valence-corrected chi connectivity index (χ4v) is 6.34. The summed E-state index contributed by atoms with van der Waals surface area (Å²) in [4.78, 5) is 10.4. The molecule has 0 radical (unpaired) electrons. The van der Waals surface area contributed by atoms with E-state index in [-0.39, 0.29) is 58.9 Å². The van der Waals surface area contributed by atoms with Crippen molar-refractivity contribution in [2.24, 2.45) is 0 Å². The van der Waals surface area contributed by atoms with Crippen LogP contribution in [0.2, 0.25) is 16.6 Å². The van der Waals surface area contributed by atoms with Crippen LogP contribution in [0.5, 0.6) is 0 Å². The molecule has 0 fully saturated rings. The third-order valence-electron chi connectivity index (χ3n) is 3.36. The summed E-state index contributed by atoms with van der Waals surface area (Å²) in [5.41, 5.74) is 1.42. The van der Waals surface area contributed by atoms with Gasteiger partial charge in [-0.15, -0.1) is 6.42 Å². The second-order valence-electron chi connectivity index (χ2n) is 5.35. The van der Waals surface area contributed by atoms with E-state index in [0.717, 1.165) is 6.42 Å². The minimum absolute atomic E-state index is 0. The van der Waals surface area contributed by atoms with E-state index in [4.69, 9.17) is 0 Å². The van der Waals surface area contributed by atoms with E-state index in [9.17, 15) is 4.80 Å². The zero-order valence-electron chi connectivity index (χ0n) is 17.1. The first-order chi connectivity index (χ1) is 7.33. The molecule has 3 heteroatoms. The molecule has 0 aliphatic heterocycles. The van der Waals surface area contributed by atoms with Gasteiger partial charge in [-0.1, -0.05) is 41.5 Å². The molecule has 0 spiro atoms. The largest absolute Gasteiger partial charge is 0.431 e. The van der Waals surface area contributed by atoms with E-state index >= 15 is 0 Å². The smallest absolute Gasteiger partial charge is 0.196 e. The summed E-state index contributed by atoms with van der Waals surface area (Å²) in [7, 11) is -1.98. The Morgan fingerprint density at radius 2 is 1.14 bits per heavy atom. The van der Waals surface area contributed by atoms with E-state index in [2.05, 4.69) is 53.7 Å². The molecule has 22 heavy (non-hydrogen) atoms. The van der Waals surface area contributed by atoms with Crippen LogP contribution in [0.3, 0.4) is 0 Å². The van der Waals surface area contributed by atoms with Crippen molar-refractivity contribution >= 4 is 8.32 Å². The van der Waals surface area contributed by atoms with Crippen LogP contribution in [0.1, 0.15) is 48.0 Å². The van der Waals surface area contributed by atoms with Gasteiger partial charge in [-0.3, -0.25) is 6.08 Å². The van der Waals surface area contributed by atoms with Gasteiger partial charge in [0.2, 0.25) is 0 Å². The van der Waals surface area contributed by atoms with Crippen molar-refractivity contribution in [3.63, 3.8) is 0 Å². The molecular formula is C19H42OSiTi-6. The van der Waals surface area contributed by atoms with Crippen molar-refractivity contribution in [1.82, 2.24) is 0 Å². The molecule has 1 rings (SSSR count). The molecule has 1 N–H and O–H groups in total. The van der Waals surface area contributed by atoms with Gasteiger partial charge in [-0.05, 0) is 16.6 Å². The van der Waals surface area contributed by atoms with Gasteiger partial charge < -0.3 is 41.9 Å². The van der Waals surface area contributed by atoms with Crippen molar-refractivity contribution in [2.45, 2.75) is 64.6 Å². The van der Waals surface area contributed by atoms with Crippen molar-refractivity contribution in [3.05, 3.63) is 61.4 Å². The second kappa shape index (κ2) is 21.4. The van der Waals surface area contributed by atoms with Crippen LogP contribution in [0.25, 0.3) is 0 Å². The van der Waals surface area contributed by atoms with E-state index < -0.39 is 8.32 Å². The molecule has 1 nitrogen and oxygen atoms in total. The molecule has 1 aliphatic rings. The SMILES string of the molecule is CC(C)[Si](O)(C(C)C)C(C)C.[C-]1=CC=CC1.[CH3-].[CH3-].[CH3-].[CH3-].[CH3-].[Ti]. The Morgan fingerprint density at radius 3 is 1.18 bits per heavy atom. The molecule has 0 saturated carbocycles. The fourth-order valence-electron chi connectivity index (χ4n) is 2.34. The van der Waals surface area contributed by atoms with Crippen LogP contribution in [0.4, 0.5) is 0 Å². The van der Waals surface area contributed by atoms with Gasteiger partial charge >= 0.3 is 0 Å². The van der Waals surface area contributed by atoms with E-state index in [1.54, 1.807) is 0 Å². The maximum absolute atomic E-state index is 10.4. The van der Waals surface area contributed by atoms with Crippen molar-refractivity contribution in [1.29, 1.82) is 0 Å². The number of allylic oxidation sites excluding steroid dienone is 4. The second-order valence-corrected chi connectivity index (χ2v) is 10.6. The number of hydrogen-bond acceptors (Lipinski definition) is 1. The third-order valence-corrected chi connectivity index (χ3v) is 8.91. The monoisotopic (exact) mass is 362 g/mol. The van der Waals surface area contributed by atoms with Gasteiger partial charge in [0, 0.05) is 21.7 Å². The normalized spacial score (nSPS) is 10.8. The van der Waals surface area contributed by atoms with Gasteiger partial charge in [0.25, 0.3) is 0 Å². The van der Waals surface area contributed by atoms with Crippen LogP contribution in [-0.2, 0) is 21.7 Å². The molecule has 0 bridgehead atoms. The minimum Gasteiger partial charge on any atom is -0.431 e. The first-order valence-corrected chi connectivity index (χ1v) is 8.45. The molecule has 0 amide bonds. The molecule has 1 aliphatic carbocycles. The Bertz CT molecular complexity index is 214. The minimum atomic E-state index is -1.98. The molecule has 0 aromatic carbocycles. The summed E-state index contributed by atoms with van der Waals surface area (Å²) in [6, 6.07) is 0. The molecule has 0 saturated heterocycles. The summed E-state index contributed by atoms with van der Waals surface area (Å²) in [5.74, 6) is 0. The fraction of sp³-hybridized carbons (Fsp3) is 0.526. The van der Waals surface area contributed by atoms with Gasteiger partial charge in [0.15, 0.2) is 8.32 Å². The van der Waals surface area contributed by atoms with E-state index in [0.29, 0.717) is 16.6 Å². The van der Waals surface area contributed by atoms with Crippen LogP contribution in [-0.4, -0.2) is 13.1 Å². The number of hydrogen-bond donors (Lipinski definition) is 1. The Kier molecular flexibility index (Phi) is 42.0. The maximum atomic E-state index is 10.4. The summed E-state index contributed by atoms with van der Waals surface area (Å²) < 4.78 is 0. The predicted octanol–water partition coefficient (Wildman–Crippen LogP) is 6.71. The third kappa shape index (κ3) is 14.0. The van der Waals surface area contributed by atoms with E-state index in [1.807, 2.05) is 12.2 Å². The topological polar surface area (TPSA) is 20.2 Å². The first kappa shape index (κ1) is 43.2. The molecule has 0 heterocycles. The average molecular weight is 362 g/mol. The molecule has 0 atom stereocenters. The van der Waals surface area contributed by atoms with Gasteiger partial charge in [-0.2, -0.15) is 6.08 Å². The predicted molar refractivity (Wildman–Crippen MR) is 107 cm³/mol.